The highest BCUT2D eigenvalue weighted by molar-refractivity contribution is 5.84. The Hall–Kier alpha value is -1.88. The summed E-state index contributed by atoms with van der Waals surface area (Å²) in [4.78, 5) is 22.8. The molecule has 0 heterocycles. The zero-order valence-electron chi connectivity index (χ0n) is 10.3. The van der Waals surface area contributed by atoms with E-state index in [1.165, 1.54) is 0 Å². The molecule has 1 rings (SSSR count). The zero-order chi connectivity index (χ0) is 13.5. The van der Waals surface area contributed by atoms with Gasteiger partial charge >= 0.3 is 5.97 Å². The summed E-state index contributed by atoms with van der Waals surface area (Å²) in [6, 6.07) is 7.60. The van der Waals surface area contributed by atoms with Crippen LogP contribution in [0.2, 0.25) is 0 Å². The first-order chi connectivity index (χ1) is 8.54. The van der Waals surface area contributed by atoms with Crippen molar-refractivity contribution in [1.82, 2.24) is 5.32 Å². The first kappa shape index (κ1) is 14.2. The number of carboxylic acids is 1. The lowest BCUT2D eigenvalue weighted by molar-refractivity contribution is -0.142. The van der Waals surface area contributed by atoms with Gasteiger partial charge in [0.05, 0.1) is 0 Å². The summed E-state index contributed by atoms with van der Waals surface area (Å²) < 4.78 is 0. The minimum absolute atomic E-state index is 0.0372. The molecule has 2 unspecified atom stereocenters. The molecule has 0 aromatic heterocycles. The van der Waals surface area contributed by atoms with Crippen LogP contribution in [0.4, 0.5) is 0 Å². The van der Waals surface area contributed by atoms with Gasteiger partial charge in [0.15, 0.2) is 6.04 Å². The average Bonchev–Trinajstić information content (AvgIpc) is 2.36. The molecule has 4 N–H and O–H groups in total. The van der Waals surface area contributed by atoms with E-state index in [1.54, 1.807) is 30.3 Å². The monoisotopic (exact) mass is 250 g/mol. The van der Waals surface area contributed by atoms with Crippen LogP contribution in [0.25, 0.3) is 0 Å². The van der Waals surface area contributed by atoms with Crippen LogP contribution in [-0.2, 0) is 9.59 Å². The van der Waals surface area contributed by atoms with Crippen LogP contribution >= 0.6 is 0 Å². The van der Waals surface area contributed by atoms with Crippen molar-refractivity contribution in [3.63, 3.8) is 0 Å². The van der Waals surface area contributed by atoms with Crippen molar-refractivity contribution in [2.45, 2.75) is 19.4 Å². The molecule has 0 bridgehead atoms. The molecule has 0 saturated heterocycles. The second-order valence-electron chi connectivity index (χ2n) is 4.29. The van der Waals surface area contributed by atoms with Crippen molar-refractivity contribution < 1.29 is 14.7 Å². The summed E-state index contributed by atoms with van der Waals surface area (Å²) in [7, 11) is 0. The quantitative estimate of drug-likeness (QED) is 0.699. The van der Waals surface area contributed by atoms with Gasteiger partial charge in [-0.3, -0.25) is 4.79 Å². The van der Waals surface area contributed by atoms with E-state index in [9.17, 15) is 9.59 Å². The highest BCUT2D eigenvalue weighted by atomic mass is 16.4. The summed E-state index contributed by atoms with van der Waals surface area (Å²) in [5, 5.41) is 11.6. The van der Waals surface area contributed by atoms with E-state index in [-0.39, 0.29) is 18.2 Å². The number of carboxylic acid groups (broad SMARTS) is 1. The average molecular weight is 250 g/mol. The summed E-state index contributed by atoms with van der Waals surface area (Å²) in [5.41, 5.74) is 5.98. The van der Waals surface area contributed by atoms with E-state index in [0.29, 0.717) is 12.1 Å². The molecule has 98 valence electrons. The molecule has 5 nitrogen and oxygen atoms in total. The highest BCUT2D eigenvalue weighted by Gasteiger charge is 2.22. The van der Waals surface area contributed by atoms with Crippen LogP contribution in [0, 0.1) is 5.92 Å². The van der Waals surface area contributed by atoms with Gasteiger partial charge in [-0.2, -0.15) is 0 Å². The largest absolute Gasteiger partial charge is 0.479 e. The summed E-state index contributed by atoms with van der Waals surface area (Å²) in [5.74, 6) is -1.34. The first-order valence-electron chi connectivity index (χ1n) is 5.81. The van der Waals surface area contributed by atoms with E-state index in [2.05, 4.69) is 5.32 Å². The SMILES string of the molecule is CC(CN)CC(=O)NC(C(=O)O)c1ccccc1. The molecule has 0 spiro atoms. The van der Waals surface area contributed by atoms with Gasteiger partial charge in [-0.1, -0.05) is 37.3 Å². The summed E-state index contributed by atoms with van der Waals surface area (Å²) >= 11 is 0. The third kappa shape index (κ3) is 4.18. The Morgan fingerprint density at radius 1 is 1.33 bits per heavy atom. The second kappa shape index (κ2) is 6.76. The predicted octanol–water partition coefficient (Wildman–Crippen LogP) is 0.913. The predicted molar refractivity (Wildman–Crippen MR) is 67.8 cm³/mol. The number of rotatable bonds is 6. The number of hydrogen-bond donors (Lipinski definition) is 3. The zero-order valence-corrected chi connectivity index (χ0v) is 10.3. The Morgan fingerprint density at radius 2 is 1.94 bits per heavy atom. The lowest BCUT2D eigenvalue weighted by Crippen LogP contribution is -2.35. The molecule has 0 saturated carbocycles. The van der Waals surface area contributed by atoms with Crippen molar-refractivity contribution in [2.75, 3.05) is 6.54 Å². The first-order valence-corrected chi connectivity index (χ1v) is 5.81. The standard InChI is InChI=1S/C13H18N2O3/c1-9(8-14)7-11(16)15-12(13(17)18)10-5-3-2-4-6-10/h2-6,9,12H,7-8,14H2,1H3,(H,15,16)(H,17,18). The fourth-order valence-corrected chi connectivity index (χ4v) is 1.55. The third-order valence-electron chi connectivity index (χ3n) is 2.62. The number of aliphatic carboxylic acids is 1. The Kier molecular flexibility index (Phi) is 5.32. The molecule has 0 fully saturated rings. The number of carbonyl (C=O) groups excluding carboxylic acids is 1. The van der Waals surface area contributed by atoms with E-state index < -0.39 is 12.0 Å². The maximum Gasteiger partial charge on any atom is 0.330 e. The van der Waals surface area contributed by atoms with Crippen LogP contribution in [-0.4, -0.2) is 23.5 Å². The molecule has 0 aliphatic carbocycles. The van der Waals surface area contributed by atoms with Crippen LogP contribution in [0.5, 0.6) is 0 Å². The lowest BCUT2D eigenvalue weighted by Gasteiger charge is -2.16. The molecule has 2 atom stereocenters. The molecule has 5 heteroatoms. The summed E-state index contributed by atoms with van der Waals surface area (Å²) in [6.45, 7) is 2.24. The van der Waals surface area contributed by atoms with Crippen LogP contribution in [0.1, 0.15) is 24.9 Å². The molecular formula is C13H18N2O3. The third-order valence-corrected chi connectivity index (χ3v) is 2.62. The topological polar surface area (TPSA) is 92.4 Å². The second-order valence-corrected chi connectivity index (χ2v) is 4.29. The van der Waals surface area contributed by atoms with Gasteiger partial charge in [-0.05, 0) is 18.0 Å². The van der Waals surface area contributed by atoms with Gasteiger partial charge in [0.1, 0.15) is 0 Å². The van der Waals surface area contributed by atoms with Crippen LogP contribution in [0.3, 0.4) is 0 Å². The molecule has 1 aromatic carbocycles. The van der Waals surface area contributed by atoms with E-state index in [0.717, 1.165) is 0 Å². The van der Waals surface area contributed by atoms with Gasteiger partial charge in [-0.15, -0.1) is 0 Å². The minimum Gasteiger partial charge on any atom is -0.479 e. The molecular weight excluding hydrogens is 232 g/mol. The molecule has 0 aliphatic heterocycles. The fourth-order valence-electron chi connectivity index (χ4n) is 1.55. The van der Waals surface area contributed by atoms with Crippen molar-refractivity contribution in [3.8, 4) is 0 Å². The summed E-state index contributed by atoms with van der Waals surface area (Å²) in [6.07, 6.45) is 0.229. The molecule has 1 amide bonds. The van der Waals surface area contributed by atoms with Gasteiger partial charge < -0.3 is 16.2 Å². The Morgan fingerprint density at radius 3 is 2.44 bits per heavy atom. The number of amides is 1. The Labute approximate surface area is 106 Å². The molecule has 1 aromatic rings. The molecule has 0 radical (unpaired) electrons. The number of nitrogens with two attached hydrogens (primary N) is 1. The lowest BCUT2D eigenvalue weighted by atomic mass is 10.0. The smallest absolute Gasteiger partial charge is 0.330 e. The highest BCUT2D eigenvalue weighted by Crippen LogP contribution is 2.13. The maximum atomic E-state index is 11.7. The van der Waals surface area contributed by atoms with E-state index in [1.807, 2.05) is 6.92 Å². The van der Waals surface area contributed by atoms with Gasteiger partial charge in [-0.25, -0.2) is 4.79 Å². The van der Waals surface area contributed by atoms with Crippen molar-refractivity contribution in [1.29, 1.82) is 0 Å². The minimum atomic E-state index is -1.07. The van der Waals surface area contributed by atoms with Gasteiger partial charge in [0.2, 0.25) is 5.91 Å². The Bertz CT molecular complexity index is 406. The molecule has 0 aliphatic rings. The van der Waals surface area contributed by atoms with Gasteiger partial charge in [0.25, 0.3) is 0 Å². The van der Waals surface area contributed by atoms with E-state index in [4.69, 9.17) is 10.8 Å². The van der Waals surface area contributed by atoms with Gasteiger partial charge in [0, 0.05) is 6.42 Å². The number of benzene rings is 1. The van der Waals surface area contributed by atoms with Crippen LogP contribution < -0.4 is 11.1 Å². The van der Waals surface area contributed by atoms with Crippen LogP contribution in [0.15, 0.2) is 30.3 Å². The number of nitrogens with one attached hydrogen (secondary N) is 1. The van der Waals surface area contributed by atoms with Crippen molar-refractivity contribution >= 4 is 11.9 Å². The van der Waals surface area contributed by atoms with Crippen molar-refractivity contribution in [2.24, 2.45) is 11.7 Å². The normalized spacial score (nSPS) is 13.7. The molecule has 18 heavy (non-hydrogen) atoms. The maximum absolute atomic E-state index is 11.7. The number of carbonyl (C=O) groups is 2. The number of hydrogen-bond acceptors (Lipinski definition) is 3. The fraction of sp³-hybridized carbons (Fsp3) is 0.385. The van der Waals surface area contributed by atoms with Crippen molar-refractivity contribution in [3.05, 3.63) is 35.9 Å². The Balaban J connectivity index is 2.71. The van der Waals surface area contributed by atoms with E-state index >= 15 is 0 Å².